The van der Waals surface area contributed by atoms with Crippen LogP contribution >= 0.6 is 11.6 Å². The highest BCUT2D eigenvalue weighted by Gasteiger charge is 2.07. The molecule has 0 saturated heterocycles. The third-order valence-corrected chi connectivity index (χ3v) is 4.19. The largest absolute Gasteiger partial charge is 0.487 e. The molecule has 0 aliphatic rings. The van der Waals surface area contributed by atoms with Gasteiger partial charge < -0.3 is 9.15 Å². The first-order valence-electron chi connectivity index (χ1n) is 7.93. The van der Waals surface area contributed by atoms with Gasteiger partial charge in [-0.15, -0.1) is 5.10 Å². The maximum Gasteiger partial charge on any atom is 0.336 e. The zero-order valence-electron chi connectivity index (χ0n) is 13.8. The molecule has 0 N–H and O–H groups in total. The third-order valence-electron chi connectivity index (χ3n) is 3.94. The normalized spacial score (nSPS) is 11.0. The van der Waals surface area contributed by atoms with Gasteiger partial charge in [0.15, 0.2) is 0 Å². The fraction of sp³-hybridized carbons (Fsp3) is 0.105. The summed E-state index contributed by atoms with van der Waals surface area (Å²) in [6.07, 6.45) is 1.79. The van der Waals surface area contributed by atoms with Gasteiger partial charge in [-0.3, -0.25) is 0 Å². The van der Waals surface area contributed by atoms with Crippen molar-refractivity contribution >= 4 is 22.6 Å². The van der Waals surface area contributed by atoms with Gasteiger partial charge in [0.2, 0.25) is 0 Å². The molecule has 0 saturated carbocycles. The highest BCUT2D eigenvalue weighted by molar-refractivity contribution is 6.30. The van der Waals surface area contributed by atoms with E-state index in [-0.39, 0.29) is 12.2 Å². The molecule has 7 heteroatoms. The Morgan fingerprint density at radius 3 is 2.77 bits per heavy atom. The highest BCUT2D eigenvalue weighted by Crippen LogP contribution is 2.23. The molecular formula is C19H14ClN3O3. The molecule has 130 valence electrons. The van der Waals surface area contributed by atoms with E-state index >= 15 is 0 Å². The van der Waals surface area contributed by atoms with Gasteiger partial charge in [0.05, 0.1) is 11.9 Å². The molecule has 0 aliphatic heterocycles. The maximum atomic E-state index is 11.5. The Labute approximate surface area is 153 Å². The number of ether oxygens (including phenoxy) is 1. The third kappa shape index (κ3) is 3.32. The van der Waals surface area contributed by atoms with Gasteiger partial charge in [-0.25, -0.2) is 9.48 Å². The van der Waals surface area contributed by atoms with Gasteiger partial charge in [-0.1, -0.05) is 16.8 Å². The Bertz CT molecular complexity index is 1130. The first-order chi connectivity index (χ1) is 12.6. The van der Waals surface area contributed by atoms with Crippen LogP contribution in [0, 0.1) is 6.92 Å². The average molecular weight is 368 g/mol. The summed E-state index contributed by atoms with van der Waals surface area (Å²) in [7, 11) is 0. The number of rotatable bonds is 4. The lowest BCUT2D eigenvalue weighted by molar-refractivity contribution is 0.301. The molecule has 26 heavy (non-hydrogen) atoms. The van der Waals surface area contributed by atoms with Crippen molar-refractivity contribution < 1.29 is 9.15 Å². The second-order valence-electron chi connectivity index (χ2n) is 5.83. The highest BCUT2D eigenvalue weighted by atomic mass is 35.5. The minimum absolute atomic E-state index is 0.245. The van der Waals surface area contributed by atoms with Crippen molar-refractivity contribution in [2.75, 3.05) is 0 Å². The van der Waals surface area contributed by atoms with E-state index in [0.29, 0.717) is 22.0 Å². The molecule has 0 aliphatic carbocycles. The van der Waals surface area contributed by atoms with E-state index in [0.717, 1.165) is 16.6 Å². The number of aromatic nitrogens is 3. The van der Waals surface area contributed by atoms with E-state index in [2.05, 4.69) is 10.3 Å². The number of nitrogens with zero attached hydrogens (tertiary/aromatic N) is 3. The van der Waals surface area contributed by atoms with Gasteiger partial charge in [-0.2, -0.15) is 0 Å². The van der Waals surface area contributed by atoms with Crippen molar-refractivity contribution in [3.63, 3.8) is 0 Å². The van der Waals surface area contributed by atoms with Gasteiger partial charge in [0.25, 0.3) is 0 Å². The van der Waals surface area contributed by atoms with Crippen molar-refractivity contribution in [3.8, 4) is 11.4 Å². The number of fused-ring (bicyclic) bond motifs is 1. The number of benzene rings is 2. The fourth-order valence-corrected chi connectivity index (χ4v) is 2.76. The number of hydrogen-bond donors (Lipinski definition) is 0. The average Bonchev–Trinajstić information content (AvgIpc) is 3.09. The molecule has 4 aromatic rings. The minimum Gasteiger partial charge on any atom is -0.487 e. The number of aryl methyl sites for hydroxylation is 1. The van der Waals surface area contributed by atoms with Crippen LogP contribution in [0.15, 0.2) is 63.9 Å². The quantitative estimate of drug-likeness (QED) is 0.511. The van der Waals surface area contributed by atoms with E-state index < -0.39 is 0 Å². The van der Waals surface area contributed by atoms with E-state index in [9.17, 15) is 4.79 Å². The first kappa shape index (κ1) is 16.4. The first-order valence-corrected chi connectivity index (χ1v) is 8.31. The molecule has 0 radical (unpaired) electrons. The monoisotopic (exact) mass is 367 g/mol. The Hall–Kier alpha value is -3.12. The van der Waals surface area contributed by atoms with E-state index in [1.165, 1.54) is 6.07 Å². The van der Waals surface area contributed by atoms with Gasteiger partial charge in [0, 0.05) is 22.5 Å². The summed E-state index contributed by atoms with van der Waals surface area (Å²) >= 11 is 5.89. The molecule has 2 heterocycles. The zero-order valence-corrected chi connectivity index (χ0v) is 14.6. The molecule has 0 bridgehead atoms. The van der Waals surface area contributed by atoms with Gasteiger partial charge >= 0.3 is 5.63 Å². The van der Waals surface area contributed by atoms with Crippen molar-refractivity contribution in [1.82, 2.24) is 15.0 Å². The molecular weight excluding hydrogens is 354 g/mol. The second-order valence-corrected chi connectivity index (χ2v) is 6.26. The second kappa shape index (κ2) is 6.65. The molecule has 4 rings (SSSR count). The van der Waals surface area contributed by atoms with Crippen LogP contribution in [0.5, 0.6) is 5.75 Å². The summed E-state index contributed by atoms with van der Waals surface area (Å²) in [4.78, 5) is 11.5. The standard InChI is InChI=1S/C19H14ClN3O3/c1-12-8-19(24)26-18-9-16(6-7-17(12)18)25-11-14-10-23(22-21-14)15-4-2-13(20)3-5-15/h2-10H,11H2,1H3. The summed E-state index contributed by atoms with van der Waals surface area (Å²) in [6.45, 7) is 2.12. The van der Waals surface area contributed by atoms with Crippen LogP contribution in [0.4, 0.5) is 0 Å². The molecule has 0 atom stereocenters. The molecule has 0 spiro atoms. The summed E-state index contributed by atoms with van der Waals surface area (Å²) in [5.41, 5.74) is 2.52. The Kier molecular flexibility index (Phi) is 4.18. The van der Waals surface area contributed by atoms with Gasteiger partial charge in [0.1, 0.15) is 23.6 Å². The maximum absolute atomic E-state index is 11.5. The van der Waals surface area contributed by atoms with Crippen LogP contribution in [0.25, 0.3) is 16.7 Å². The molecule has 0 fully saturated rings. The zero-order chi connectivity index (χ0) is 18.1. The topological polar surface area (TPSA) is 70.2 Å². The predicted octanol–water partition coefficient (Wildman–Crippen LogP) is 3.91. The van der Waals surface area contributed by atoms with Gasteiger partial charge in [-0.05, 0) is 48.9 Å². The van der Waals surface area contributed by atoms with Crippen molar-refractivity contribution in [2.24, 2.45) is 0 Å². The molecule has 2 aromatic heterocycles. The van der Waals surface area contributed by atoms with Crippen LogP contribution in [-0.2, 0) is 6.61 Å². The smallest absolute Gasteiger partial charge is 0.336 e. The molecule has 2 aromatic carbocycles. The predicted molar refractivity (Wildman–Crippen MR) is 97.9 cm³/mol. The van der Waals surface area contributed by atoms with Crippen molar-refractivity contribution in [2.45, 2.75) is 13.5 Å². The summed E-state index contributed by atoms with van der Waals surface area (Å²) in [5.74, 6) is 0.590. The van der Waals surface area contributed by atoms with Crippen LogP contribution in [0.2, 0.25) is 5.02 Å². The minimum atomic E-state index is -0.377. The van der Waals surface area contributed by atoms with E-state index in [1.54, 1.807) is 29.1 Å². The lowest BCUT2D eigenvalue weighted by atomic mass is 10.1. The molecule has 0 unspecified atom stereocenters. The number of halogens is 1. The molecule has 6 nitrogen and oxygen atoms in total. The SMILES string of the molecule is Cc1cc(=O)oc2cc(OCc3cn(-c4ccc(Cl)cc4)nn3)ccc12. The molecule has 0 amide bonds. The van der Waals surface area contributed by atoms with Crippen LogP contribution in [-0.4, -0.2) is 15.0 Å². The van der Waals surface area contributed by atoms with E-state index in [4.69, 9.17) is 20.8 Å². The Balaban J connectivity index is 1.51. The summed E-state index contributed by atoms with van der Waals surface area (Å²) < 4.78 is 12.6. The van der Waals surface area contributed by atoms with E-state index in [1.807, 2.05) is 31.2 Å². The fourth-order valence-electron chi connectivity index (χ4n) is 2.64. The number of hydrogen-bond acceptors (Lipinski definition) is 5. The Morgan fingerprint density at radius 1 is 1.15 bits per heavy atom. The summed E-state index contributed by atoms with van der Waals surface area (Å²) in [6, 6.07) is 14.2. The lowest BCUT2D eigenvalue weighted by Crippen LogP contribution is -1.99. The van der Waals surface area contributed by atoms with Crippen LogP contribution in [0.3, 0.4) is 0 Å². The lowest BCUT2D eigenvalue weighted by Gasteiger charge is -2.06. The summed E-state index contributed by atoms with van der Waals surface area (Å²) in [5, 5.41) is 9.73. The van der Waals surface area contributed by atoms with Crippen molar-refractivity contribution in [1.29, 1.82) is 0 Å². The van der Waals surface area contributed by atoms with Crippen molar-refractivity contribution in [3.05, 3.63) is 81.4 Å². The van der Waals surface area contributed by atoms with Crippen LogP contribution in [0.1, 0.15) is 11.3 Å². The van der Waals surface area contributed by atoms with Crippen LogP contribution < -0.4 is 10.4 Å². The Morgan fingerprint density at radius 2 is 1.96 bits per heavy atom.